The molecule has 1 aromatic heterocycles. The first-order valence-corrected chi connectivity index (χ1v) is 6.07. The van der Waals surface area contributed by atoms with Crippen LogP contribution in [0.15, 0.2) is 30.5 Å². The van der Waals surface area contributed by atoms with Gasteiger partial charge in [0.15, 0.2) is 0 Å². The lowest BCUT2D eigenvalue weighted by atomic mass is 10.0. The van der Waals surface area contributed by atoms with Crippen LogP contribution in [-0.2, 0) is 13.5 Å². The number of hydrogen-bond donors (Lipinski definition) is 1. The van der Waals surface area contributed by atoms with Crippen LogP contribution < -0.4 is 5.73 Å². The van der Waals surface area contributed by atoms with Gasteiger partial charge in [-0.25, -0.2) is 0 Å². The first-order chi connectivity index (χ1) is 8.24. The van der Waals surface area contributed by atoms with Crippen LogP contribution in [0.3, 0.4) is 0 Å². The Balaban J connectivity index is 2.42. The number of halogens is 1. The fraction of sp³-hybridized carbons (Fsp3) is 0.308. The van der Waals surface area contributed by atoms with Crippen molar-refractivity contribution >= 4 is 11.6 Å². The number of nitrogens with zero attached hydrogens (tertiary/aromatic N) is 2. The molecule has 0 atom stereocenters. The Labute approximate surface area is 106 Å². The maximum atomic E-state index is 6.21. The highest BCUT2D eigenvalue weighted by Gasteiger charge is 2.12. The molecule has 2 rings (SSSR count). The zero-order chi connectivity index (χ0) is 12.3. The molecule has 90 valence electrons. The summed E-state index contributed by atoms with van der Waals surface area (Å²) in [4.78, 5) is 0. The van der Waals surface area contributed by atoms with Crippen molar-refractivity contribution in [1.82, 2.24) is 9.78 Å². The van der Waals surface area contributed by atoms with Crippen LogP contribution in [0.5, 0.6) is 0 Å². The molecule has 1 heterocycles. The zero-order valence-corrected chi connectivity index (χ0v) is 10.6. The van der Waals surface area contributed by atoms with Gasteiger partial charge in [0.2, 0.25) is 0 Å². The number of benzene rings is 1. The molecule has 0 bridgehead atoms. The van der Waals surface area contributed by atoms with E-state index in [4.69, 9.17) is 17.3 Å². The van der Waals surface area contributed by atoms with Gasteiger partial charge in [0.25, 0.3) is 0 Å². The van der Waals surface area contributed by atoms with E-state index < -0.39 is 0 Å². The Morgan fingerprint density at radius 3 is 2.76 bits per heavy atom. The predicted octanol–water partition coefficient (Wildman–Crippen LogP) is 2.63. The van der Waals surface area contributed by atoms with Gasteiger partial charge >= 0.3 is 0 Å². The van der Waals surface area contributed by atoms with Crippen LogP contribution in [0, 0.1) is 0 Å². The van der Waals surface area contributed by atoms with Crippen LogP contribution >= 0.6 is 11.6 Å². The van der Waals surface area contributed by atoms with Gasteiger partial charge < -0.3 is 5.73 Å². The first-order valence-electron chi connectivity index (χ1n) is 5.70. The monoisotopic (exact) mass is 249 g/mol. The summed E-state index contributed by atoms with van der Waals surface area (Å²) >= 11 is 6.21. The highest BCUT2D eigenvalue weighted by molar-refractivity contribution is 6.33. The van der Waals surface area contributed by atoms with Crippen molar-refractivity contribution in [2.45, 2.75) is 12.8 Å². The molecule has 17 heavy (non-hydrogen) atoms. The second-order valence-electron chi connectivity index (χ2n) is 4.00. The second-order valence-corrected chi connectivity index (χ2v) is 4.41. The lowest BCUT2D eigenvalue weighted by molar-refractivity contribution is 0.687. The van der Waals surface area contributed by atoms with Crippen molar-refractivity contribution in [3.05, 3.63) is 41.2 Å². The van der Waals surface area contributed by atoms with Crippen molar-refractivity contribution in [1.29, 1.82) is 0 Å². The molecule has 0 saturated carbocycles. The molecule has 0 fully saturated rings. The fourth-order valence-corrected chi connectivity index (χ4v) is 2.17. The van der Waals surface area contributed by atoms with Crippen molar-refractivity contribution < 1.29 is 0 Å². The van der Waals surface area contributed by atoms with Gasteiger partial charge in [-0.15, -0.1) is 0 Å². The molecular formula is C13H16ClN3. The van der Waals surface area contributed by atoms with Gasteiger partial charge in [0.1, 0.15) is 0 Å². The van der Waals surface area contributed by atoms with Gasteiger partial charge in [-0.2, -0.15) is 5.10 Å². The summed E-state index contributed by atoms with van der Waals surface area (Å²) in [6, 6.07) is 7.84. The molecule has 0 unspecified atom stereocenters. The highest BCUT2D eigenvalue weighted by Crippen LogP contribution is 2.30. The molecule has 3 nitrogen and oxygen atoms in total. The summed E-state index contributed by atoms with van der Waals surface area (Å²) in [6.45, 7) is 0.688. The van der Waals surface area contributed by atoms with Gasteiger partial charge in [0.05, 0.1) is 6.20 Å². The molecule has 0 saturated heterocycles. The SMILES string of the molecule is Cn1ncc(-c2ccccc2Cl)c1CCCN. The third kappa shape index (κ3) is 2.51. The predicted molar refractivity (Wildman–Crippen MR) is 71.0 cm³/mol. The number of aromatic nitrogens is 2. The Kier molecular flexibility index (Phi) is 3.82. The zero-order valence-electron chi connectivity index (χ0n) is 9.86. The standard InChI is InChI=1S/C13H16ClN3/c1-17-13(7-4-8-15)11(9-16-17)10-5-2-3-6-12(10)14/h2-3,5-6,9H,4,7-8,15H2,1H3. The molecule has 0 aliphatic heterocycles. The van der Waals surface area contributed by atoms with Crippen molar-refractivity contribution in [2.75, 3.05) is 6.54 Å². The molecule has 1 aromatic carbocycles. The molecular weight excluding hydrogens is 234 g/mol. The maximum absolute atomic E-state index is 6.21. The Morgan fingerprint density at radius 2 is 2.06 bits per heavy atom. The smallest absolute Gasteiger partial charge is 0.0571 e. The van der Waals surface area contributed by atoms with Crippen LogP contribution in [0.2, 0.25) is 5.02 Å². The third-order valence-corrected chi connectivity index (χ3v) is 3.17. The molecule has 0 aliphatic rings. The Morgan fingerprint density at radius 1 is 1.29 bits per heavy atom. The lowest BCUT2D eigenvalue weighted by Gasteiger charge is -2.07. The van der Waals surface area contributed by atoms with Crippen molar-refractivity contribution in [3.63, 3.8) is 0 Å². The molecule has 2 aromatic rings. The minimum atomic E-state index is 0.688. The van der Waals surface area contributed by atoms with E-state index >= 15 is 0 Å². The number of rotatable bonds is 4. The van der Waals surface area contributed by atoms with Gasteiger partial charge in [-0.05, 0) is 25.5 Å². The van der Waals surface area contributed by atoms with Crippen LogP contribution in [0.4, 0.5) is 0 Å². The van der Waals surface area contributed by atoms with E-state index in [9.17, 15) is 0 Å². The van der Waals surface area contributed by atoms with E-state index in [0.717, 1.165) is 29.0 Å². The minimum absolute atomic E-state index is 0.688. The molecule has 0 spiro atoms. The van der Waals surface area contributed by atoms with E-state index in [1.807, 2.05) is 42.2 Å². The molecule has 0 radical (unpaired) electrons. The quantitative estimate of drug-likeness (QED) is 0.905. The number of aryl methyl sites for hydroxylation is 1. The Bertz CT molecular complexity index is 505. The van der Waals surface area contributed by atoms with Crippen LogP contribution in [0.1, 0.15) is 12.1 Å². The molecule has 0 aliphatic carbocycles. The summed E-state index contributed by atoms with van der Waals surface area (Å²) in [5.41, 5.74) is 8.88. The van der Waals surface area contributed by atoms with E-state index in [2.05, 4.69) is 5.10 Å². The van der Waals surface area contributed by atoms with E-state index in [-0.39, 0.29) is 0 Å². The van der Waals surface area contributed by atoms with Crippen molar-refractivity contribution in [2.24, 2.45) is 12.8 Å². The first kappa shape index (κ1) is 12.1. The van der Waals surface area contributed by atoms with Gasteiger partial charge in [0, 0.05) is 28.9 Å². The summed E-state index contributed by atoms with van der Waals surface area (Å²) < 4.78 is 1.90. The average molecular weight is 250 g/mol. The highest BCUT2D eigenvalue weighted by atomic mass is 35.5. The minimum Gasteiger partial charge on any atom is -0.330 e. The molecule has 4 heteroatoms. The number of nitrogens with two attached hydrogens (primary N) is 1. The normalized spacial score (nSPS) is 10.8. The molecule has 0 amide bonds. The summed E-state index contributed by atoms with van der Waals surface area (Å²) in [7, 11) is 1.95. The number of hydrogen-bond acceptors (Lipinski definition) is 2. The topological polar surface area (TPSA) is 43.8 Å². The van der Waals surface area contributed by atoms with E-state index in [0.29, 0.717) is 6.54 Å². The summed E-state index contributed by atoms with van der Waals surface area (Å²) in [6.07, 6.45) is 3.75. The average Bonchev–Trinajstić information content (AvgIpc) is 2.69. The summed E-state index contributed by atoms with van der Waals surface area (Å²) in [5, 5.41) is 5.06. The largest absolute Gasteiger partial charge is 0.330 e. The van der Waals surface area contributed by atoms with Crippen molar-refractivity contribution in [3.8, 4) is 11.1 Å². The Hall–Kier alpha value is -1.32. The second kappa shape index (κ2) is 5.34. The maximum Gasteiger partial charge on any atom is 0.0571 e. The van der Waals surface area contributed by atoms with Crippen LogP contribution in [-0.4, -0.2) is 16.3 Å². The van der Waals surface area contributed by atoms with Gasteiger partial charge in [-0.3, -0.25) is 4.68 Å². The van der Waals surface area contributed by atoms with E-state index in [1.165, 1.54) is 5.69 Å². The lowest BCUT2D eigenvalue weighted by Crippen LogP contribution is -2.05. The molecule has 2 N–H and O–H groups in total. The van der Waals surface area contributed by atoms with Gasteiger partial charge in [-0.1, -0.05) is 29.8 Å². The fourth-order valence-electron chi connectivity index (χ4n) is 1.93. The van der Waals surface area contributed by atoms with Crippen LogP contribution in [0.25, 0.3) is 11.1 Å². The third-order valence-electron chi connectivity index (χ3n) is 2.84. The summed E-state index contributed by atoms with van der Waals surface area (Å²) in [5.74, 6) is 0. The van der Waals surface area contributed by atoms with E-state index in [1.54, 1.807) is 0 Å².